The molecule has 3 rings (SSSR count). The third kappa shape index (κ3) is 2.91. The maximum atomic E-state index is 12.5. The van der Waals surface area contributed by atoms with E-state index < -0.39 is 0 Å². The van der Waals surface area contributed by atoms with E-state index in [1.807, 2.05) is 36.1 Å². The smallest absolute Gasteiger partial charge is 0.318 e. The number of hydrogen-bond donors (Lipinski definition) is 1. The molecule has 3 atom stereocenters. The summed E-state index contributed by atoms with van der Waals surface area (Å²) in [7, 11) is 0. The lowest BCUT2D eigenvalue weighted by Gasteiger charge is -2.34. The SMILES string of the molecule is C[C@H](NC(=O)N1C2CCC1CC(=O)C2)c1ccc(Cl)cc1. The van der Waals surface area contributed by atoms with Crippen LogP contribution in [0.4, 0.5) is 4.79 Å². The molecular weight excluding hydrogens is 288 g/mol. The quantitative estimate of drug-likeness (QED) is 0.911. The molecule has 2 amide bonds. The van der Waals surface area contributed by atoms with Crippen LogP contribution in [0.5, 0.6) is 0 Å². The summed E-state index contributed by atoms with van der Waals surface area (Å²) in [6.45, 7) is 1.96. The van der Waals surface area contributed by atoms with Gasteiger partial charge in [-0.05, 0) is 37.5 Å². The maximum absolute atomic E-state index is 12.5. The number of hydrogen-bond acceptors (Lipinski definition) is 2. The second kappa shape index (κ2) is 5.68. The highest BCUT2D eigenvalue weighted by atomic mass is 35.5. The molecule has 0 spiro atoms. The van der Waals surface area contributed by atoms with E-state index in [1.54, 1.807) is 0 Å². The lowest BCUT2D eigenvalue weighted by molar-refractivity contribution is -0.122. The Morgan fingerprint density at radius 2 is 1.81 bits per heavy atom. The van der Waals surface area contributed by atoms with E-state index in [9.17, 15) is 9.59 Å². The summed E-state index contributed by atoms with van der Waals surface area (Å²) in [5.41, 5.74) is 1.02. The first-order chi connectivity index (χ1) is 10.0. The minimum Gasteiger partial charge on any atom is -0.331 e. The molecule has 0 aromatic heterocycles. The number of fused-ring (bicyclic) bond motifs is 2. The van der Waals surface area contributed by atoms with Crippen molar-refractivity contribution in [2.75, 3.05) is 0 Å². The Hall–Kier alpha value is -1.55. The molecule has 0 radical (unpaired) electrons. The van der Waals surface area contributed by atoms with E-state index in [0.717, 1.165) is 18.4 Å². The molecule has 2 aliphatic heterocycles. The summed E-state index contributed by atoms with van der Waals surface area (Å²) in [6, 6.07) is 7.53. The average molecular weight is 307 g/mol. The van der Waals surface area contributed by atoms with Gasteiger partial charge in [-0.15, -0.1) is 0 Å². The van der Waals surface area contributed by atoms with Gasteiger partial charge < -0.3 is 10.2 Å². The van der Waals surface area contributed by atoms with Crippen LogP contribution in [0.25, 0.3) is 0 Å². The molecule has 1 N–H and O–H groups in total. The van der Waals surface area contributed by atoms with Gasteiger partial charge in [-0.25, -0.2) is 4.79 Å². The molecular formula is C16H19ClN2O2. The van der Waals surface area contributed by atoms with Crippen molar-refractivity contribution in [3.8, 4) is 0 Å². The largest absolute Gasteiger partial charge is 0.331 e. The molecule has 2 heterocycles. The van der Waals surface area contributed by atoms with Gasteiger partial charge in [0.2, 0.25) is 0 Å². The molecule has 21 heavy (non-hydrogen) atoms. The van der Waals surface area contributed by atoms with Crippen molar-refractivity contribution < 1.29 is 9.59 Å². The van der Waals surface area contributed by atoms with Gasteiger partial charge in [0.1, 0.15) is 5.78 Å². The van der Waals surface area contributed by atoms with Crippen LogP contribution >= 0.6 is 11.6 Å². The average Bonchev–Trinajstić information content (AvgIpc) is 2.72. The number of amides is 2. The molecule has 2 fully saturated rings. The molecule has 2 aliphatic rings. The first kappa shape index (κ1) is 14.4. The topological polar surface area (TPSA) is 49.4 Å². The van der Waals surface area contributed by atoms with Gasteiger partial charge in [0.05, 0.1) is 6.04 Å². The Balaban J connectivity index is 1.66. The number of piperidine rings is 1. The Morgan fingerprint density at radius 1 is 1.24 bits per heavy atom. The van der Waals surface area contributed by atoms with Gasteiger partial charge in [0.15, 0.2) is 0 Å². The lowest BCUT2D eigenvalue weighted by Crippen LogP contribution is -2.51. The van der Waals surface area contributed by atoms with Crippen molar-refractivity contribution in [3.05, 3.63) is 34.9 Å². The molecule has 0 aliphatic carbocycles. The van der Waals surface area contributed by atoms with E-state index in [2.05, 4.69) is 5.32 Å². The van der Waals surface area contributed by atoms with Crippen molar-refractivity contribution in [2.45, 2.75) is 50.7 Å². The molecule has 5 heteroatoms. The van der Waals surface area contributed by atoms with Crippen molar-refractivity contribution in [3.63, 3.8) is 0 Å². The van der Waals surface area contributed by atoms with Crippen LogP contribution in [0.1, 0.15) is 44.2 Å². The number of urea groups is 1. The van der Waals surface area contributed by atoms with Crippen molar-refractivity contribution in [2.24, 2.45) is 0 Å². The van der Waals surface area contributed by atoms with Gasteiger partial charge >= 0.3 is 6.03 Å². The van der Waals surface area contributed by atoms with E-state index in [4.69, 9.17) is 11.6 Å². The van der Waals surface area contributed by atoms with Crippen LogP contribution in [0.15, 0.2) is 24.3 Å². The van der Waals surface area contributed by atoms with Gasteiger partial charge in [0.25, 0.3) is 0 Å². The van der Waals surface area contributed by atoms with Crippen molar-refractivity contribution >= 4 is 23.4 Å². The van der Waals surface area contributed by atoms with E-state index in [-0.39, 0.29) is 29.9 Å². The lowest BCUT2D eigenvalue weighted by atomic mass is 10.0. The highest BCUT2D eigenvalue weighted by molar-refractivity contribution is 6.30. The number of rotatable bonds is 2. The van der Waals surface area contributed by atoms with E-state index in [1.165, 1.54) is 0 Å². The van der Waals surface area contributed by atoms with Crippen LogP contribution in [-0.4, -0.2) is 28.8 Å². The van der Waals surface area contributed by atoms with Crippen molar-refractivity contribution in [1.82, 2.24) is 10.2 Å². The minimum absolute atomic E-state index is 0.0579. The third-order valence-corrected chi connectivity index (χ3v) is 4.74. The number of nitrogens with one attached hydrogen (secondary N) is 1. The fourth-order valence-corrected chi connectivity index (χ4v) is 3.52. The summed E-state index contributed by atoms with van der Waals surface area (Å²) >= 11 is 5.88. The molecule has 2 unspecified atom stereocenters. The van der Waals surface area contributed by atoms with Crippen molar-refractivity contribution in [1.29, 1.82) is 0 Å². The first-order valence-corrected chi connectivity index (χ1v) is 7.78. The molecule has 0 saturated carbocycles. The number of carbonyl (C=O) groups is 2. The van der Waals surface area contributed by atoms with Crippen LogP contribution in [0, 0.1) is 0 Å². The second-order valence-electron chi connectivity index (χ2n) is 5.96. The number of benzene rings is 1. The molecule has 2 bridgehead atoms. The monoisotopic (exact) mass is 306 g/mol. The minimum atomic E-state index is -0.0770. The summed E-state index contributed by atoms with van der Waals surface area (Å²) in [5.74, 6) is 0.289. The highest BCUT2D eigenvalue weighted by Gasteiger charge is 2.42. The predicted molar refractivity (Wildman–Crippen MR) is 81.3 cm³/mol. The molecule has 112 valence electrons. The molecule has 2 saturated heterocycles. The van der Waals surface area contributed by atoms with Gasteiger partial charge in [0, 0.05) is 29.9 Å². The van der Waals surface area contributed by atoms with Crippen LogP contribution < -0.4 is 5.32 Å². The summed E-state index contributed by atoms with van der Waals surface area (Å²) in [6.07, 6.45) is 2.91. The zero-order chi connectivity index (χ0) is 15.0. The van der Waals surface area contributed by atoms with Gasteiger partial charge in [-0.3, -0.25) is 4.79 Å². The Labute approximate surface area is 129 Å². The number of halogens is 1. The fraction of sp³-hybridized carbons (Fsp3) is 0.500. The third-order valence-electron chi connectivity index (χ3n) is 4.49. The molecule has 1 aromatic rings. The summed E-state index contributed by atoms with van der Waals surface area (Å²) < 4.78 is 0. The van der Waals surface area contributed by atoms with Gasteiger partial charge in [-0.1, -0.05) is 23.7 Å². The highest BCUT2D eigenvalue weighted by Crippen LogP contribution is 2.34. The zero-order valence-electron chi connectivity index (χ0n) is 12.0. The predicted octanol–water partition coefficient (Wildman–Crippen LogP) is 3.31. The standard InChI is InChI=1S/C16H19ClN2O2/c1-10(11-2-4-12(17)5-3-11)18-16(21)19-13-6-7-14(19)9-15(20)8-13/h2-5,10,13-14H,6-9H2,1H3,(H,18,21)/t10-,13?,14?/m0/s1. The maximum Gasteiger partial charge on any atom is 0.318 e. The number of nitrogens with zero attached hydrogens (tertiary/aromatic N) is 1. The fourth-order valence-electron chi connectivity index (χ4n) is 3.40. The van der Waals surface area contributed by atoms with Crippen LogP contribution in [0.3, 0.4) is 0 Å². The normalized spacial score (nSPS) is 25.8. The Kier molecular flexibility index (Phi) is 3.89. The Bertz CT molecular complexity index is 542. The van der Waals surface area contributed by atoms with Crippen LogP contribution in [-0.2, 0) is 4.79 Å². The van der Waals surface area contributed by atoms with E-state index in [0.29, 0.717) is 17.9 Å². The van der Waals surface area contributed by atoms with Crippen LogP contribution in [0.2, 0.25) is 5.02 Å². The number of carbonyl (C=O) groups excluding carboxylic acids is 2. The molecule has 1 aromatic carbocycles. The molecule has 4 nitrogen and oxygen atoms in total. The first-order valence-electron chi connectivity index (χ1n) is 7.40. The number of Topliss-reactive ketones (excluding diaryl/α,β-unsaturated/α-hetero) is 1. The summed E-state index contributed by atoms with van der Waals surface area (Å²) in [5, 5.41) is 3.72. The zero-order valence-corrected chi connectivity index (χ0v) is 12.8. The van der Waals surface area contributed by atoms with Gasteiger partial charge in [-0.2, -0.15) is 0 Å². The van der Waals surface area contributed by atoms with E-state index >= 15 is 0 Å². The second-order valence-corrected chi connectivity index (χ2v) is 6.40. The summed E-state index contributed by atoms with van der Waals surface area (Å²) in [4.78, 5) is 26.0. The number of ketones is 1. The Morgan fingerprint density at radius 3 is 2.38 bits per heavy atom.